The van der Waals surface area contributed by atoms with Crippen molar-refractivity contribution in [2.45, 2.75) is 30.7 Å². The van der Waals surface area contributed by atoms with Gasteiger partial charge in [0.15, 0.2) is 11.5 Å². The lowest BCUT2D eigenvalue weighted by Gasteiger charge is -2.38. The van der Waals surface area contributed by atoms with E-state index >= 15 is 0 Å². The number of aliphatic hydroxyl groups is 4. The van der Waals surface area contributed by atoms with Crippen molar-refractivity contribution < 1.29 is 49.3 Å². The van der Waals surface area contributed by atoms with Crippen LogP contribution in [0, 0.1) is 0 Å². The molecule has 0 amide bonds. The second-order valence-corrected chi connectivity index (χ2v) is 5.74. The molecule has 1 aromatic rings. The minimum absolute atomic E-state index is 0.135. The van der Waals surface area contributed by atoms with Gasteiger partial charge in [-0.15, -0.1) is 0 Å². The van der Waals surface area contributed by atoms with E-state index in [2.05, 4.69) is 0 Å². The van der Waals surface area contributed by atoms with Gasteiger partial charge in [0.1, 0.15) is 24.4 Å². The fraction of sp³-hybridized carbons (Fsp3) is 0.471. The number of aliphatic hydroxyl groups excluding tert-OH is 4. The van der Waals surface area contributed by atoms with Gasteiger partial charge < -0.3 is 44.5 Å². The summed E-state index contributed by atoms with van der Waals surface area (Å²) < 4.78 is 20.0. The highest BCUT2D eigenvalue weighted by molar-refractivity contribution is 5.87. The lowest BCUT2D eigenvalue weighted by molar-refractivity contribution is -0.291. The Bertz CT molecular complexity index is 661. The van der Waals surface area contributed by atoms with Gasteiger partial charge in [-0.3, -0.25) is 0 Å². The molecule has 0 unspecified atom stereocenters. The largest absolute Gasteiger partial charge is 0.502 e. The predicted molar refractivity (Wildman–Crippen MR) is 90.1 cm³/mol. The molecule has 1 fully saturated rings. The standard InChI is InChI=1S/C17H22O10/c1-24-9-5-8(6-10(25-2)13(9)20)3-4-12(19)27-17-16(23)15(22)14(21)11(7-18)26-17/h3-6,11,14-18,20-23H,7H2,1-2H3/t11-,14-,15+,16-,17+/m1/s1. The molecular weight excluding hydrogens is 364 g/mol. The van der Waals surface area contributed by atoms with Crippen molar-refractivity contribution in [1.29, 1.82) is 0 Å². The maximum absolute atomic E-state index is 12.0. The first-order chi connectivity index (χ1) is 12.8. The highest BCUT2D eigenvalue weighted by Gasteiger charge is 2.45. The summed E-state index contributed by atoms with van der Waals surface area (Å²) in [7, 11) is 2.71. The van der Waals surface area contributed by atoms with Gasteiger partial charge in [0.05, 0.1) is 20.8 Å². The van der Waals surface area contributed by atoms with Crippen LogP contribution in [-0.2, 0) is 14.3 Å². The number of aromatic hydroxyl groups is 1. The number of carbonyl (C=O) groups excluding carboxylic acids is 1. The first kappa shape index (κ1) is 20.9. The first-order valence-corrected chi connectivity index (χ1v) is 7.96. The molecule has 150 valence electrons. The monoisotopic (exact) mass is 386 g/mol. The summed E-state index contributed by atoms with van der Waals surface area (Å²) in [4.78, 5) is 12.0. The van der Waals surface area contributed by atoms with Crippen LogP contribution in [0.1, 0.15) is 5.56 Å². The average Bonchev–Trinajstić information content (AvgIpc) is 2.67. The van der Waals surface area contributed by atoms with E-state index in [0.717, 1.165) is 6.08 Å². The van der Waals surface area contributed by atoms with Gasteiger partial charge >= 0.3 is 5.97 Å². The number of phenolic OH excluding ortho intramolecular Hbond substituents is 1. The normalized spacial score (nSPS) is 28.1. The van der Waals surface area contributed by atoms with Crippen LogP contribution in [0.2, 0.25) is 0 Å². The van der Waals surface area contributed by atoms with Crippen LogP contribution in [0.3, 0.4) is 0 Å². The summed E-state index contributed by atoms with van der Waals surface area (Å²) in [5.41, 5.74) is 0.451. The van der Waals surface area contributed by atoms with E-state index in [4.69, 9.17) is 24.1 Å². The summed E-state index contributed by atoms with van der Waals surface area (Å²) in [6.45, 7) is -0.637. The van der Waals surface area contributed by atoms with Crippen LogP contribution < -0.4 is 9.47 Å². The molecule has 1 aromatic carbocycles. The van der Waals surface area contributed by atoms with Crippen molar-refractivity contribution in [3.05, 3.63) is 23.8 Å². The van der Waals surface area contributed by atoms with E-state index in [-0.39, 0.29) is 17.2 Å². The second-order valence-electron chi connectivity index (χ2n) is 5.74. The van der Waals surface area contributed by atoms with Crippen LogP contribution in [-0.4, -0.2) is 83.0 Å². The zero-order chi connectivity index (χ0) is 20.1. The van der Waals surface area contributed by atoms with Gasteiger partial charge in [0.2, 0.25) is 12.0 Å². The van der Waals surface area contributed by atoms with Gasteiger partial charge in [-0.1, -0.05) is 0 Å². The quantitative estimate of drug-likeness (QED) is 0.296. The lowest BCUT2D eigenvalue weighted by Crippen LogP contribution is -2.59. The van der Waals surface area contributed by atoms with Crippen molar-refractivity contribution in [3.8, 4) is 17.2 Å². The zero-order valence-electron chi connectivity index (χ0n) is 14.7. The van der Waals surface area contributed by atoms with E-state index < -0.39 is 43.3 Å². The molecule has 2 rings (SSSR count). The topological polar surface area (TPSA) is 155 Å². The molecule has 1 saturated heterocycles. The molecule has 1 heterocycles. The molecule has 5 atom stereocenters. The van der Waals surface area contributed by atoms with E-state index in [1.807, 2.05) is 0 Å². The summed E-state index contributed by atoms with van der Waals surface area (Å²) in [6, 6.07) is 2.91. The molecule has 0 radical (unpaired) electrons. The molecule has 10 nitrogen and oxygen atoms in total. The fourth-order valence-electron chi connectivity index (χ4n) is 2.49. The molecule has 0 aromatic heterocycles. The lowest BCUT2D eigenvalue weighted by atomic mass is 9.99. The van der Waals surface area contributed by atoms with E-state index in [0.29, 0.717) is 5.56 Å². The minimum Gasteiger partial charge on any atom is -0.502 e. The molecular formula is C17H22O10. The molecule has 1 aliphatic heterocycles. The summed E-state index contributed by atoms with van der Waals surface area (Å²) >= 11 is 0. The number of phenols is 1. The van der Waals surface area contributed by atoms with Crippen molar-refractivity contribution in [1.82, 2.24) is 0 Å². The Morgan fingerprint density at radius 2 is 1.70 bits per heavy atom. The molecule has 10 heteroatoms. The maximum Gasteiger partial charge on any atom is 0.333 e. The summed E-state index contributed by atoms with van der Waals surface area (Å²) in [5, 5.41) is 48.2. The van der Waals surface area contributed by atoms with Crippen LogP contribution >= 0.6 is 0 Å². The third-order valence-electron chi connectivity index (χ3n) is 3.99. The highest BCUT2D eigenvalue weighted by Crippen LogP contribution is 2.37. The van der Waals surface area contributed by atoms with Crippen LogP contribution in [0.15, 0.2) is 18.2 Å². The number of carbonyl (C=O) groups is 1. The van der Waals surface area contributed by atoms with Gasteiger partial charge in [-0.2, -0.15) is 0 Å². The Morgan fingerprint density at radius 1 is 1.11 bits per heavy atom. The van der Waals surface area contributed by atoms with Crippen LogP contribution in [0.5, 0.6) is 17.2 Å². The molecule has 0 spiro atoms. The molecule has 0 saturated carbocycles. The van der Waals surface area contributed by atoms with E-state index in [1.54, 1.807) is 0 Å². The molecule has 5 N–H and O–H groups in total. The average molecular weight is 386 g/mol. The second kappa shape index (κ2) is 9.02. The number of methoxy groups -OCH3 is 2. The maximum atomic E-state index is 12.0. The summed E-state index contributed by atoms with van der Waals surface area (Å²) in [5.74, 6) is -0.834. The Balaban J connectivity index is 2.09. The van der Waals surface area contributed by atoms with Gasteiger partial charge in [0.25, 0.3) is 0 Å². The Kier molecular flexibility index (Phi) is 6.99. The van der Waals surface area contributed by atoms with Gasteiger partial charge in [0, 0.05) is 6.08 Å². The van der Waals surface area contributed by atoms with Gasteiger partial charge in [-0.25, -0.2) is 4.79 Å². The zero-order valence-corrected chi connectivity index (χ0v) is 14.7. The molecule has 0 aliphatic carbocycles. The van der Waals surface area contributed by atoms with Crippen LogP contribution in [0.4, 0.5) is 0 Å². The summed E-state index contributed by atoms with van der Waals surface area (Å²) in [6.07, 6.45) is -5.27. The number of ether oxygens (including phenoxy) is 4. The Morgan fingerprint density at radius 3 is 2.22 bits per heavy atom. The van der Waals surface area contributed by atoms with Crippen molar-refractivity contribution >= 4 is 12.0 Å². The van der Waals surface area contributed by atoms with Crippen molar-refractivity contribution in [2.24, 2.45) is 0 Å². The third-order valence-corrected chi connectivity index (χ3v) is 3.99. The molecule has 0 bridgehead atoms. The minimum atomic E-state index is -1.69. The smallest absolute Gasteiger partial charge is 0.333 e. The van der Waals surface area contributed by atoms with Crippen molar-refractivity contribution in [2.75, 3.05) is 20.8 Å². The highest BCUT2D eigenvalue weighted by atomic mass is 16.7. The van der Waals surface area contributed by atoms with Gasteiger partial charge in [-0.05, 0) is 23.8 Å². The third kappa shape index (κ3) is 4.67. The number of rotatable bonds is 6. The number of benzene rings is 1. The van der Waals surface area contributed by atoms with Crippen molar-refractivity contribution in [3.63, 3.8) is 0 Å². The number of hydrogen-bond acceptors (Lipinski definition) is 10. The Labute approximate surface area is 154 Å². The predicted octanol–water partition coefficient (Wildman–Crippen LogP) is -1.23. The van der Waals surface area contributed by atoms with E-state index in [9.17, 15) is 25.2 Å². The SMILES string of the molecule is COc1cc(C=CC(=O)O[C@@H]2O[C@H](CO)[C@@H](O)[C@H](O)[C@H]2O)cc(OC)c1O. The van der Waals surface area contributed by atoms with E-state index in [1.165, 1.54) is 32.4 Å². The number of hydrogen-bond donors (Lipinski definition) is 5. The number of esters is 1. The molecule has 27 heavy (non-hydrogen) atoms. The fourth-order valence-corrected chi connectivity index (χ4v) is 2.49. The van der Waals surface area contributed by atoms with Crippen LogP contribution in [0.25, 0.3) is 6.08 Å². The first-order valence-electron chi connectivity index (χ1n) is 7.96. The Hall–Kier alpha value is -2.37. The molecule has 1 aliphatic rings.